The van der Waals surface area contributed by atoms with Gasteiger partial charge in [-0.05, 0) is 79.4 Å². The zero-order valence-electron chi connectivity index (χ0n) is 13.0. The van der Waals surface area contributed by atoms with E-state index in [1.807, 2.05) is 24.3 Å². The minimum Gasteiger partial charge on any atom is -0.352 e. The van der Waals surface area contributed by atoms with Gasteiger partial charge in [-0.2, -0.15) is 0 Å². The van der Waals surface area contributed by atoms with E-state index in [0.29, 0.717) is 12.0 Å². The maximum atomic E-state index is 12.4. The van der Waals surface area contributed by atoms with Gasteiger partial charge < -0.3 is 5.32 Å². The van der Waals surface area contributed by atoms with E-state index in [-0.39, 0.29) is 5.91 Å². The molecule has 0 spiro atoms. The Labute approximate surface area is 137 Å². The molecule has 0 saturated heterocycles. The van der Waals surface area contributed by atoms with Crippen LogP contribution in [0.3, 0.4) is 0 Å². The minimum absolute atomic E-state index is 0.233. The molecule has 22 heavy (non-hydrogen) atoms. The molecule has 4 aliphatic carbocycles. The van der Waals surface area contributed by atoms with E-state index in [4.69, 9.17) is 11.6 Å². The first-order valence-corrected chi connectivity index (χ1v) is 8.99. The van der Waals surface area contributed by atoms with Gasteiger partial charge in [0.05, 0.1) is 0 Å². The van der Waals surface area contributed by atoms with Crippen molar-refractivity contribution in [3.05, 3.63) is 34.9 Å². The quantitative estimate of drug-likeness (QED) is 0.866. The molecule has 3 heteroatoms. The fourth-order valence-electron chi connectivity index (χ4n) is 5.71. The minimum atomic E-state index is 0.233. The van der Waals surface area contributed by atoms with Crippen molar-refractivity contribution in [2.75, 3.05) is 0 Å². The van der Waals surface area contributed by atoms with Gasteiger partial charge >= 0.3 is 0 Å². The molecule has 0 unspecified atom stereocenters. The van der Waals surface area contributed by atoms with Crippen LogP contribution in [0.5, 0.6) is 0 Å². The van der Waals surface area contributed by atoms with Crippen LogP contribution in [0.4, 0.5) is 0 Å². The summed E-state index contributed by atoms with van der Waals surface area (Å²) in [5.41, 5.74) is 1.45. The van der Waals surface area contributed by atoms with Crippen LogP contribution in [-0.4, -0.2) is 5.91 Å². The van der Waals surface area contributed by atoms with Crippen molar-refractivity contribution in [2.45, 2.75) is 51.5 Å². The van der Waals surface area contributed by atoms with Gasteiger partial charge in [0.1, 0.15) is 0 Å². The number of hydrogen-bond acceptors (Lipinski definition) is 1. The second-order valence-electron chi connectivity index (χ2n) is 8.00. The van der Waals surface area contributed by atoms with Gasteiger partial charge in [-0.25, -0.2) is 0 Å². The fraction of sp³-hybridized carbons (Fsp3) is 0.632. The van der Waals surface area contributed by atoms with Crippen LogP contribution in [0.25, 0.3) is 0 Å². The third-order valence-corrected chi connectivity index (χ3v) is 6.36. The molecule has 0 atom stereocenters. The normalized spacial score (nSPS) is 35.6. The van der Waals surface area contributed by atoms with Gasteiger partial charge in [0.2, 0.25) is 5.91 Å². The van der Waals surface area contributed by atoms with Gasteiger partial charge in [-0.15, -0.1) is 0 Å². The molecule has 118 valence electrons. The molecular formula is C19H24ClNO. The summed E-state index contributed by atoms with van der Waals surface area (Å²) in [5, 5.41) is 3.85. The van der Waals surface area contributed by atoms with Crippen LogP contribution in [-0.2, 0) is 11.3 Å². The molecule has 1 amide bonds. The lowest BCUT2D eigenvalue weighted by Crippen LogP contribution is -2.47. The summed E-state index contributed by atoms with van der Waals surface area (Å²) in [5.74, 6) is 2.97. The van der Waals surface area contributed by atoms with E-state index >= 15 is 0 Å². The van der Waals surface area contributed by atoms with Gasteiger partial charge in [-0.1, -0.05) is 23.7 Å². The average Bonchev–Trinajstić information content (AvgIpc) is 2.44. The van der Waals surface area contributed by atoms with E-state index in [2.05, 4.69) is 5.32 Å². The van der Waals surface area contributed by atoms with Crippen molar-refractivity contribution < 1.29 is 4.79 Å². The van der Waals surface area contributed by atoms with Crippen LogP contribution < -0.4 is 5.32 Å². The largest absolute Gasteiger partial charge is 0.352 e. The number of benzene rings is 1. The maximum absolute atomic E-state index is 12.4. The van der Waals surface area contributed by atoms with Crippen LogP contribution >= 0.6 is 11.6 Å². The number of carbonyl (C=O) groups excluding carboxylic acids is 1. The second kappa shape index (κ2) is 5.56. The molecule has 0 aromatic heterocycles. The highest BCUT2D eigenvalue weighted by molar-refractivity contribution is 6.30. The monoisotopic (exact) mass is 317 g/mol. The molecule has 5 rings (SSSR count). The van der Waals surface area contributed by atoms with E-state index < -0.39 is 0 Å². The average molecular weight is 318 g/mol. The third-order valence-electron chi connectivity index (χ3n) is 6.10. The van der Waals surface area contributed by atoms with Crippen LogP contribution in [0.2, 0.25) is 5.02 Å². The SMILES string of the molecule is O=C(CC12CC3CC(CC(C3)C1)C2)NCc1ccc(Cl)cc1. The van der Waals surface area contributed by atoms with Gasteiger partial charge in [0, 0.05) is 18.0 Å². The molecule has 4 bridgehead atoms. The second-order valence-corrected chi connectivity index (χ2v) is 8.43. The summed E-state index contributed by atoms with van der Waals surface area (Å²) in [6.07, 6.45) is 8.95. The standard InChI is InChI=1S/C19H24ClNO/c20-17-3-1-13(2-4-17)12-21-18(22)11-19-8-14-5-15(9-19)7-16(6-14)10-19/h1-4,14-16H,5-12H2,(H,21,22). The van der Waals surface area contributed by atoms with Crippen molar-refractivity contribution in [2.24, 2.45) is 23.2 Å². The van der Waals surface area contributed by atoms with Gasteiger partial charge in [0.15, 0.2) is 0 Å². The number of halogens is 1. The Kier molecular flexibility index (Phi) is 3.68. The lowest BCUT2D eigenvalue weighted by atomic mass is 9.49. The summed E-state index contributed by atoms with van der Waals surface area (Å²) < 4.78 is 0. The molecule has 1 aromatic rings. The lowest BCUT2D eigenvalue weighted by molar-refractivity contribution is -0.129. The van der Waals surface area contributed by atoms with E-state index in [1.54, 1.807) is 0 Å². The predicted molar refractivity (Wildman–Crippen MR) is 88.5 cm³/mol. The Bertz CT molecular complexity index is 530. The molecule has 0 heterocycles. The summed E-state index contributed by atoms with van der Waals surface area (Å²) >= 11 is 5.89. The van der Waals surface area contributed by atoms with Crippen molar-refractivity contribution in [1.82, 2.24) is 5.32 Å². The first-order chi connectivity index (χ1) is 10.6. The number of rotatable bonds is 4. The van der Waals surface area contributed by atoms with Crippen LogP contribution in [0.1, 0.15) is 50.5 Å². The highest BCUT2D eigenvalue weighted by Crippen LogP contribution is 2.61. The van der Waals surface area contributed by atoms with E-state index in [9.17, 15) is 4.79 Å². The molecule has 4 fully saturated rings. The predicted octanol–water partition coefficient (Wildman–Crippen LogP) is 4.56. The van der Waals surface area contributed by atoms with Crippen molar-refractivity contribution >= 4 is 17.5 Å². The smallest absolute Gasteiger partial charge is 0.220 e. The van der Waals surface area contributed by atoms with Crippen molar-refractivity contribution in [3.63, 3.8) is 0 Å². The fourth-order valence-corrected chi connectivity index (χ4v) is 5.84. The van der Waals surface area contributed by atoms with E-state index in [0.717, 1.165) is 34.8 Å². The summed E-state index contributed by atoms with van der Waals surface area (Å²) in [7, 11) is 0. The van der Waals surface area contributed by atoms with Gasteiger partial charge in [-0.3, -0.25) is 4.79 Å². The first kappa shape index (κ1) is 14.6. The number of carbonyl (C=O) groups is 1. The Hall–Kier alpha value is -1.02. The highest BCUT2D eigenvalue weighted by Gasteiger charge is 2.51. The van der Waals surface area contributed by atoms with Gasteiger partial charge in [0.25, 0.3) is 0 Å². The first-order valence-electron chi connectivity index (χ1n) is 8.61. The summed E-state index contributed by atoms with van der Waals surface area (Å²) in [4.78, 5) is 12.4. The molecule has 0 aliphatic heterocycles. The van der Waals surface area contributed by atoms with E-state index in [1.165, 1.54) is 38.5 Å². The molecule has 0 radical (unpaired) electrons. The number of nitrogens with one attached hydrogen (secondary N) is 1. The summed E-state index contributed by atoms with van der Waals surface area (Å²) in [6, 6.07) is 7.71. The zero-order valence-corrected chi connectivity index (χ0v) is 13.7. The molecule has 1 N–H and O–H groups in total. The molecular weight excluding hydrogens is 294 g/mol. The van der Waals surface area contributed by atoms with Crippen molar-refractivity contribution in [1.29, 1.82) is 0 Å². The zero-order chi connectivity index (χ0) is 15.2. The third kappa shape index (κ3) is 2.90. The molecule has 4 aliphatic rings. The molecule has 2 nitrogen and oxygen atoms in total. The molecule has 4 saturated carbocycles. The Balaban J connectivity index is 1.35. The maximum Gasteiger partial charge on any atom is 0.220 e. The number of hydrogen-bond donors (Lipinski definition) is 1. The Morgan fingerprint density at radius 3 is 2.14 bits per heavy atom. The lowest BCUT2D eigenvalue weighted by Gasteiger charge is -2.56. The summed E-state index contributed by atoms with van der Waals surface area (Å²) in [6.45, 7) is 0.613. The number of amides is 1. The molecule has 1 aromatic carbocycles. The highest BCUT2D eigenvalue weighted by atomic mass is 35.5. The van der Waals surface area contributed by atoms with Crippen LogP contribution in [0, 0.1) is 23.2 Å². The van der Waals surface area contributed by atoms with Crippen LogP contribution in [0.15, 0.2) is 24.3 Å². The van der Waals surface area contributed by atoms with Crippen molar-refractivity contribution in [3.8, 4) is 0 Å². The Morgan fingerprint density at radius 1 is 1.05 bits per heavy atom. The Morgan fingerprint density at radius 2 is 1.59 bits per heavy atom. The topological polar surface area (TPSA) is 29.1 Å².